The van der Waals surface area contributed by atoms with Gasteiger partial charge >= 0.3 is 5.97 Å². The van der Waals surface area contributed by atoms with Crippen molar-refractivity contribution in [2.45, 2.75) is 51.9 Å². The molecule has 0 radical (unpaired) electrons. The maximum absolute atomic E-state index is 12.6. The van der Waals surface area contributed by atoms with Crippen LogP contribution in [0.15, 0.2) is 29.2 Å². The van der Waals surface area contributed by atoms with E-state index in [0.717, 1.165) is 44.1 Å². The summed E-state index contributed by atoms with van der Waals surface area (Å²) >= 11 is 12.6. The first-order valence-corrected chi connectivity index (χ1v) is 11.3. The van der Waals surface area contributed by atoms with E-state index in [1.54, 1.807) is 17.0 Å². The summed E-state index contributed by atoms with van der Waals surface area (Å²) in [7, 11) is 0. The highest BCUT2D eigenvalue weighted by molar-refractivity contribution is 8.26. The van der Waals surface area contributed by atoms with Crippen LogP contribution in [-0.4, -0.2) is 34.2 Å². The Hall–Kier alpha value is -1.37. The summed E-state index contributed by atoms with van der Waals surface area (Å²) in [6, 6.07) is 7.33. The number of thioether (sulfide) groups is 1. The molecular weight excluding hydrogens is 414 g/mol. The molecule has 1 aliphatic heterocycles. The summed E-state index contributed by atoms with van der Waals surface area (Å²) < 4.78 is 5.78. The first-order valence-electron chi connectivity index (χ1n) is 9.68. The topological polar surface area (TPSA) is 46.6 Å². The molecule has 0 saturated carbocycles. The molecule has 0 atom stereocenters. The van der Waals surface area contributed by atoms with E-state index >= 15 is 0 Å². The monoisotopic (exact) mass is 439 g/mol. The third-order valence-electron chi connectivity index (χ3n) is 4.31. The molecule has 1 amide bonds. The van der Waals surface area contributed by atoms with Gasteiger partial charge in [-0.25, -0.2) is 0 Å². The number of rotatable bonds is 11. The van der Waals surface area contributed by atoms with Gasteiger partial charge in [0.1, 0.15) is 4.32 Å². The zero-order valence-electron chi connectivity index (χ0n) is 16.1. The molecule has 4 nitrogen and oxygen atoms in total. The van der Waals surface area contributed by atoms with E-state index in [4.69, 9.17) is 28.6 Å². The zero-order valence-corrected chi connectivity index (χ0v) is 18.5. The smallest absolute Gasteiger partial charge is 0.305 e. The first kappa shape index (κ1) is 22.9. The lowest BCUT2D eigenvalue weighted by molar-refractivity contribution is -0.144. The van der Waals surface area contributed by atoms with Crippen LogP contribution in [0.25, 0.3) is 6.08 Å². The number of carbonyl (C=O) groups excluding carboxylic acids is 2. The molecule has 1 fully saturated rings. The quantitative estimate of drug-likeness (QED) is 0.188. The van der Waals surface area contributed by atoms with E-state index in [9.17, 15) is 9.59 Å². The van der Waals surface area contributed by atoms with Crippen molar-refractivity contribution in [1.82, 2.24) is 4.90 Å². The van der Waals surface area contributed by atoms with Gasteiger partial charge in [-0.3, -0.25) is 14.5 Å². The fourth-order valence-electron chi connectivity index (χ4n) is 2.73. The summed E-state index contributed by atoms with van der Waals surface area (Å²) in [6.07, 6.45) is 7.83. The Kier molecular flexibility index (Phi) is 10.0. The lowest BCUT2D eigenvalue weighted by Gasteiger charge is -2.14. The van der Waals surface area contributed by atoms with Gasteiger partial charge in [0.25, 0.3) is 5.91 Å². The summed E-state index contributed by atoms with van der Waals surface area (Å²) in [6.45, 7) is 3.21. The molecule has 7 heteroatoms. The van der Waals surface area contributed by atoms with Crippen molar-refractivity contribution < 1.29 is 14.3 Å². The number of benzene rings is 1. The van der Waals surface area contributed by atoms with Crippen LogP contribution in [0.4, 0.5) is 0 Å². The maximum Gasteiger partial charge on any atom is 0.305 e. The van der Waals surface area contributed by atoms with E-state index in [1.165, 1.54) is 11.8 Å². The van der Waals surface area contributed by atoms with Crippen LogP contribution in [-0.2, 0) is 14.3 Å². The minimum absolute atomic E-state index is 0.0553. The van der Waals surface area contributed by atoms with Crippen molar-refractivity contribution in [2.24, 2.45) is 0 Å². The number of unbranched alkanes of at least 4 members (excludes halogenated alkanes) is 4. The van der Waals surface area contributed by atoms with Crippen molar-refractivity contribution in [3.05, 3.63) is 39.8 Å². The molecular formula is C21H26ClNO3S2. The fourth-order valence-corrected chi connectivity index (χ4v) is 4.16. The number of ether oxygens (including phenoxy) is 1. The van der Waals surface area contributed by atoms with Crippen molar-refractivity contribution in [2.75, 3.05) is 13.2 Å². The molecule has 1 aliphatic rings. The number of halogens is 1. The third kappa shape index (κ3) is 7.57. The van der Waals surface area contributed by atoms with Gasteiger partial charge in [0.05, 0.1) is 11.5 Å². The zero-order chi connectivity index (χ0) is 20.4. The number of thiocarbonyl (C=S) groups is 1. The van der Waals surface area contributed by atoms with Gasteiger partial charge < -0.3 is 4.74 Å². The Labute approximate surface area is 181 Å². The standard InChI is InChI=1S/C21H26ClNO3S2/c1-2-3-7-14-26-19(24)8-5-4-6-13-23-20(25)18(28-21(23)27)15-16-9-11-17(22)12-10-16/h9-12,15H,2-8,13-14H2,1H3. The number of hydrogen-bond acceptors (Lipinski definition) is 5. The van der Waals surface area contributed by atoms with Gasteiger partial charge in [-0.15, -0.1) is 0 Å². The van der Waals surface area contributed by atoms with Crippen LogP contribution >= 0.6 is 35.6 Å². The molecule has 0 aliphatic carbocycles. The van der Waals surface area contributed by atoms with Gasteiger partial charge in [-0.05, 0) is 43.0 Å². The summed E-state index contributed by atoms with van der Waals surface area (Å²) in [5.41, 5.74) is 0.919. The van der Waals surface area contributed by atoms with E-state index < -0.39 is 0 Å². The Morgan fingerprint density at radius 2 is 1.93 bits per heavy atom. The Morgan fingerprint density at radius 1 is 1.18 bits per heavy atom. The molecule has 0 bridgehead atoms. The van der Waals surface area contributed by atoms with Gasteiger partial charge in [-0.2, -0.15) is 0 Å². The SMILES string of the molecule is CCCCCOC(=O)CCCCCN1C(=O)C(=Cc2ccc(Cl)cc2)SC1=S. The Bertz CT molecular complexity index is 719. The van der Waals surface area contributed by atoms with Gasteiger partial charge in [0.15, 0.2) is 0 Å². The summed E-state index contributed by atoms with van der Waals surface area (Å²) in [5.74, 6) is -0.187. The number of hydrogen-bond donors (Lipinski definition) is 0. The second-order valence-electron chi connectivity index (χ2n) is 6.62. The average molecular weight is 440 g/mol. The van der Waals surface area contributed by atoms with Crippen molar-refractivity contribution in [3.63, 3.8) is 0 Å². The van der Waals surface area contributed by atoms with Gasteiger partial charge in [0, 0.05) is 18.0 Å². The Morgan fingerprint density at radius 3 is 2.64 bits per heavy atom. The predicted molar refractivity (Wildman–Crippen MR) is 120 cm³/mol. The van der Waals surface area contributed by atoms with Crippen molar-refractivity contribution in [1.29, 1.82) is 0 Å². The highest BCUT2D eigenvalue weighted by Crippen LogP contribution is 2.32. The Balaban J connectivity index is 1.70. The number of amides is 1. The highest BCUT2D eigenvalue weighted by Gasteiger charge is 2.31. The largest absolute Gasteiger partial charge is 0.466 e. The lowest BCUT2D eigenvalue weighted by atomic mass is 10.2. The minimum Gasteiger partial charge on any atom is -0.466 e. The molecule has 1 aromatic rings. The molecule has 0 unspecified atom stereocenters. The van der Waals surface area contributed by atoms with Crippen LogP contribution in [0.5, 0.6) is 0 Å². The van der Waals surface area contributed by atoms with Crippen LogP contribution in [0.2, 0.25) is 5.02 Å². The van der Waals surface area contributed by atoms with E-state index in [2.05, 4.69) is 6.92 Å². The predicted octanol–water partition coefficient (Wildman–Crippen LogP) is 5.84. The molecule has 0 aromatic heterocycles. The summed E-state index contributed by atoms with van der Waals surface area (Å²) in [4.78, 5) is 26.5. The molecule has 1 saturated heterocycles. The van der Waals surface area contributed by atoms with Crippen molar-refractivity contribution >= 4 is 57.9 Å². The summed E-state index contributed by atoms with van der Waals surface area (Å²) in [5, 5.41) is 0.662. The minimum atomic E-state index is -0.132. The molecule has 1 aromatic carbocycles. The molecule has 0 N–H and O–H groups in total. The molecule has 28 heavy (non-hydrogen) atoms. The second kappa shape index (κ2) is 12.2. The van der Waals surface area contributed by atoms with Crippen molar-refractivity contribution in [3.8, 4) is 0 Å². The highest BCUT2D eigenvalue weighted by atomic mass is 35.5. The number of carbonyl (C=O) groups is 2. The second-order valence-corrected chi connectivity index (χ2v) is 8.74. The van der Waals surface area contributed by atoms with Crippen LogP contribution in [0.3, 0.4) is 0 Å². The molecule has 1 heterocycles. The van der Waals surface area contributed by atoms with Gasteiger partial charge in [-0.1, -0.05) is 73.9 Å². The van der Waals surface area contributed by atoms with Crippen LogP contribution in [0, 0.1) is 0 Å². The molecule has 0 spiro atoms. The van der Waals surface area contributed by atoms with Crippen LogP contribution in [0.1, 0.15) is 57.4 Å². The first-order chi connectivity index (χ1) is 13.5. The lowest BCUT2D eigenvalue weighted by Crippen LogP contribution is -2.29. The van der Waals surface area contributed by atoms with Crippen LogP contribution < -0.4 is 0 Å². The number of esters is 1. The average Bonchev–Trinajstić information content (AvgIpc) is 2.94. The van der Waals surface area contributed by atoms with E-state index in [1.807, 2.05) is 18.2 Å². The molecule has 152 valence electrons. The fraction of sp³-hybridized carbons (Fsp3) is 0.476. The third-order valence-corrected chi connectivity index (χ3v) is 5.94. The maximum atomic E-state index is 12.6. The van der Waals surface area contributed by atoms with Gasteiger partial charge in [0.2, 0.25) is 0 Å². The molecule has 2 rings (SSSR count). The van der Waals surface area contributed by atoms with E-state index in [0.29, 0.717) is 33.8 Å². The number of nitrogens with zero attached hydrogens (tertiary/aromatic N) is 1. The normalized spacial score (nSPS) is 15.5. The van der Waals surface area contributed by atoms with E-state index in [-0.39, 0.29) is 11.9 Å².